The number of carbonyl (C=O) groups is 1. The van der Waals surface area contributed by atoms with Crippen molar-refractivity contribution < 1.29 is 14.1 Å². The van der Waals surface area contributed by atoms with E-state index >= 15 is 0 Å². The zero-order valence-corrected chi connectivity index (χ0v) is 18.0. The summed E-state index contributed by atoms with van der Waals surface area (Å²) in [6.45, 7) is 5.46. The molecule has 7 heteroatoms. The molecule has 1 saturated carbocycles. The maximum atomic E-state index is 12.2. The second kappa shape index (κ2) is 9.69. The van der Waals surface area contributed by atoms with Gasteiger partial charge in [-0.3, -0.25) is 4.79 Å². The van der Waals surface area contributed by atoms with Gasteiger partial charge in [0, 0.05) is 37.8 Å². The van der Waals surface area contributed by atoms with Gasteiger partial charge in [0.2, 0.25) is 5.91 Å². The molecule has 2 aliphatic rings. The topological polar surface area (TPSA) is 90.1 Å². The van der Waals surface area contributed by atoms with Gasteiger partial charge in [-0.2, -0.15) is 0 Å². The molecule has 2 aromatic rings. The van der Waals surface area contributed by atoms with E-state index in [1.807, 2.05) is 26.1 Å². The number of nitrogens with zero attached hydrogens (tertiary/aromatic N) is 3. The molecule has 162 valence electrons. The lowest BCUT2D eigenvalue weighted by molar-refractivity contribution is -0.121. The standard InChI is InChI=1S/C23H32N4O3/c1-15-12-21(30-27-15)20-14-24-16(2)26-23(20)18-7-5-17(6-8-18)13-25-22(28)10-9-19-4-3-11-29-19/h12,14,17-19H,3-11,13H2,1-2H3,(H,25,28). The Morgan fingerprint density at radius 1 is 1.20 bits per heavy atom. The van der Waals surface area contributed by atoms with Gasteiger partial charge >= 0.3 is 0 Å². The van der Waals surface area contributed by atoms with E-state index in [0.29, 0.717) is 18.3 Å². The molecule has 1 atom stereocenters. The zero-order valence-electron chi connectivity index (χ0n) is 18.0. The summed E-state index contributed by atoms with van der Waals surface area (Å²) < 4.78 is 11.1. The average molecular weight is 413 g/mol. The Balaban J connectivity index is 1.28. The molecular formula is C23H32N4O3. The summed E-state index contributed by atoms with van der Waals surface area (Å²) in [4.78, 5) is 21.3. The van der Waals surface area contributed by atoms with Crippen LogP contribution in [0.1, 0.15) is 74.5 Å². The predicted octanol–water partition coefficient (Wildman–Crippen LogP) is 4.10. The summed E-state index contributed by atoms with van der Waals surface area (Å²) in [7, 11) is 0. The molecular weight excluding hydrogens is 380 g/mol. The second-order valence-corrected chi connectivity index (χ2v) is 8.74. The normalized spacial score (nSPS) is 24.1. The monoisotopic (exact) mass is 412 g/mol. The van der Waals surface area contributed by atoms with Gasteiger partial charge < -0.3 is 14.6 Å². The van der Waals surface area contributed by atoms with Crippen molar-refractivity contribution in [1.29, 1.82) is 0 Å². The van der Waals surface area contributed by atoms with Gasteiger partial charge in [0.15, 0.2) is 5.76 Å². The first kappa shape index (κ1) is 21.0. The summed E-state index contributed by atoms with van der Waals surface area (Å²) in [6, 6.07) is 1.94. The lowest BCUT2D eigenvalue weighted by Gasteiger charge is -2.29. The Kier molecular flexibility index (Phi) is 6.77. The molecule has 0 spiro atoms. The van der Waals surface area contributed by atoms with Gasteiger partial charge in [-0.1, -0.05) is 5.16 Å². The summed E-state index contributed by atoms with van der Waals surface area (Å²) in [6.07, 6.45) is 10.1. The number of aryl methyl sites for hydroxylation is 2. The van der Waals surface area contributed by atoms with Crippen LogP contribution in [0.5, 0.6) is 0 Å². The lowest BCUT2D eigenvalue weighted by Crippen LogP contribution is -2.31. The van der Waals surface area contributed by atoms with Gasteiger partial charge in [-0.05, 0) is 64.7 Å². The SMILES string of the molecule is Cc1cc(-c2cnc(C)nc2C2CCC(CNC(=O)CCC3CCCO3)CC2)on1. The van der Waals surface area contributed by atoms with Crippen molar-refractivity contribution in [2.45, 2.75) is 77.2 Å². The third kappa shape index (κ3) is 5.25. The van der Waals surface area contributed by atoms with Crippen molar-refractivity contribution in [1.82, 2.24) is 20.4 Å². The molecule has 0 radical (unpaired) electrons. The first-order chi connectivity index (χ1) is 14.6. The fourth-order valence-corrected chi connectivity index (χ4v) is 4.63. The molecule has 2 aromatic heterocycles. The number of hydrogen-bond donors (Lipinski definition) is 1. The fourth-order valence-electron chi connectivity index (χ4n) is 4.63. The summed E-state index contributed by atoms with van der Waals surface area (Å²) in [5.41, 5.74) is 2.88. The fraction of sp³-hybridized carbons (Fsp3) is 0.652. The van der Waals surface area contributed by atoms with Crippen LogP contribution >= 0.6 is 0 Å². The Hall–Kier alpha value is -2.28. The Bertz CT molecular complexity index is 852. The number of rotatable bonds is 7. The van der Waals surface area contributed by atoms with Crippen LogP contribution in [0.4, 0.5) is 0 Å². The largest absolute Gasteiger partial charge is 0.378 e. The number of aromatic nitrogens is 3. The molecule has 30 heavy (non-hydrogen) atoms. The van der Waals surface area contributed by atoms with Crippen LogP contribution < -0.4 is 5.32 Å². The van der Waals surface area contributed by atoms with E-state index in [2.05, 4.69) is 15.5 Å². The minimum atomic E-state index is 0.155. The predicted molar refractivity (Wildman–Crippen MR) is 113 cm³/mol. The molecule has 1 aliphatic heterocycles. The third-order valence-corrected chi connectivity index (χ3v) is 6.37. The Morgan fingerprint density at radius 3 is 2.73 bits per heavy atom. The smallest absolute Gasteiger partial charge is 0.220 e. The van der Waals surface area contributed by atoms with E-state index in [1.165, 1.54) is 0 Å². The van der Waals surface area contributed by atoms with Crippen LogP contribution in [-0.2, 0) is 9.53 Å². The first-order valence-corrected chi connectivity index (χ1v) is 11.2. The highest BCUT2D eigenvalue weighted by atomic mass is 16.5. The van der Waals surface area contributed by atoms with E-state index in [0.717, 1.165) is 86.6 Å². The first-order valence-electron chi connectivity index (χ1n) is 11.2. The van der Waals surface area contributed by atoms with Gasteiger partial charge in [0.05, 0.1) is 23.1 Å². The second-order valence-electron chi connectivity index (χ2n) is 8.74. The Morgan fingerprint density at radius 2 is 2.03 bits per heavy atom. The van der Waals surface area contributed by atoms with Crippen molar-refractivity contribution in [2.75, 3.05) is 13.2 Å². The molecule has 0 bridgehead atoms. The molecule has 1 unspecified atom stereocenters. The van der Waals surface area contributed by atoms with E-state index in [9.17, 15) is 4.79 Å². The van der Waals surface area contributed by atoms with Crippen LogP contribution in [0.2, 0.25) is 0 Å². The van der Waals surface area contributed by atoms with E-state index < -0.39 is 0 Å². The number of amides is 1. The Labute approximate surface area is 178 Å². The van der Waals surface area contributed by atoms with Crippen molar-refractivity contribution >= 4 is 5.91 Å². The zero-order chi connectivity index (χ0) is 20.9. The number of carbonyl (C=O) groups excluding carboxylic acids is 1. The molecule has 1 aliphatic carbocycles. The van der Waals surface area contributed by atoms with Crippen molar-refractivity contribution in [3.05, 3.63) is 29.5 Å². The lowest BCUT2D eigenvalue weighted by atomic mass is 9.79. The van der Waals surface area contributed by atoms with Gasteiger partial charge in [-0.15, -0.1) is 0 Å². The van der Waals surface area contributed by atoms with E-state index in [1.54, 1.807) is 0 Å². The minimum Gasteiger partial charge on any atom is -0.378 e. The van der Waals surface area contributed by atoms with Crippen molar-refractivity contribution in [2.24, 2.45) is 5.92 Å². The molecule has 1 N–H and O–H groups in total. The van der Waals surface area contributed by atoms with Crippen molar-refractivity contribution in [3.8, 4) is 11.3 Å². The highest BCUT2D eigenvalue weighted by Gasteiger charge is 2.27. The highest BCUT2D eigenvalue weighted by molar-refractivity contribution is 5.75. The van der Waals surface area contributed by atoms with Gasteiger partial charge in [0.25, 0.3) is 0 Å². The van der Waals surface area contributed by atoms with Gasteiger partial charge in [-0.25, -0.2) is 9.97 Å². The molecule has 2 fully saturated rings. The van der Waals surface area contributed by atoms with Crippen LogP contribution in [0.25, 0.3) is 11.3 Å². The number of hydrogen-bond acceptors (Lipinski definition) is 6. The van der Waals surface area contributed by atoms with Crippen LogP contribution in [0.15, 0.2) is 16.8 Å². The highest BCUT2D eigenvalue weighted by Crippen LogP contribution is 2.38. The van der Waals surface area contributed by atoms with Crippen molar-refractivity contribution in [3.63, 3.8) is 0 Å². The molecule has 0 aromatic carbocycles. The number of ether oxygens (including phenoxy) is 1. The molecule has 1 saturated heterocycles. The van der Waals surface area contributed by atoms with Crippen LogP contribution in [0, 0.1) is 19.8 Å². The third-order valence-electron chi connectivity index (χ3n) is 6.37. The minimum absolute atomic E-state index is 0.155. The summed E-state index contributed by atoms with van der Waals surface area (Å²) >= 11 is 0. The molecule has 7 nitrogen and oxygen atoms in total. The summed E-state index contributed by atoms with van der Waals surface area (Å²) in [5.74, 6) is 2.60. The van der Waals surface area contributed by atoms with Gasteiger partial charge in [0.1, 0.15) is 5.82 Å². The van der Waals surface area contributed by atoms with E-state index in [4.69, 9.17) is 14.2 Å². The van der Waals surface area contributed by atoms with Crippen LogP contribution in [-0.4, -0.2) is 40.3 Å². The van der Waals surface area contributed by atoms with Crippen LogP contribution in [0.3, 0.4) is 0 Å². The van der Waals surface area contributed by atoms with E-state index in [-0.39, 0.29) is 12.0 Å². The maximum absolute atomic E-state index is 12.2. The molecule has 1 amide bonds. The molecule has 3 heterocycles. The molecule has 4 rings (SSSR count). The average Bonchev–Trinajstić information content (AvgIpc) is 3.43. The maximum Gasteiger partial charge on any atom is 0.220 e. The number of nitrogens with one attached hydrogen (secondary N) is 1. The summed E-state index contributed by atoms with van der Waals surface area (Å²) in [5, 5.41) is 7.15. The quantitative estimate of drug-likeness (QED) is 0.736.